The Morgan fingerprint density at radius 3 is 2.52 bits per heavy atom. The molecule has 0 atom stereocenters. The lowest BCUT2D eigenvalue weighted by Gasteiger charge is -2.07. The van der Waals surface area contributed by atoms with Crippen LogP contribution in [0.15, 0.2) is 54.7 Å². The van der Waals surface area contributed by atoms with E-state index < -0.39 is 11.9 Å². The molecule has 0 bridgehead atoms. The van der Waals surface area contributed by atoms with Crippen LogP contribution >= 0.6 is 0 Å². The van der Waals surface area contributed by atoms with Gasteiger partial charge in [0.25, 0.3) is 5.91 Å². The van der Waals surface area contributed by atoms with Crippen molar-refractivity contribution in [2.45, 2.75) is 6.54 Å². The SMILES string of the molecule is O=C(COc1ccccn1)NC(=O)NCc1ccccc1. The van der Waals surface area contributed by atoms with Crippen LogP contribution in [0.4, 0.5) is 4.79 Å². The summed E-state index contributed by atoms with van der Waals surface area (Å²) in [6, 6.07) is 14.0. The summed E-state index contributed by atoms with van der Waals surface area (Å²) >= 11 is 0. The van der Waals surface area contributed by atoms with Gasteiger partial charge in [0.05, 0.1) is 0 Å². The average molecular weight is 285 g/mol. The Kier molecular flexibility index (Phi) is 5.28. The number of benzene rings is 1. The number of carbonyl (C=O) groups excluding carboxylic acids is 2. The summed E-state index contributed by atoms with van der Waals surface area (Å²) in [6.45, 7) is 0.0802. The van der Waals surface area contributed by atoms with Crippen molar-refractivity contribution in [3.05, 3.63) is 60.3 Å². The first-order valence-corrected chi connectivity index (χ1v) is 6.39. The number of hydrogen-bond donors (Lipinski definition) is 2. The maximum absolute atomic E-state index is 11.5. The Bertz CT molecular complexity index is 534. The minimum absolute atomic E-state index is 0.268. The van der Waals surface area contributed by atoms with Crippen LogP contribution in [0.25, 0.3) is 0 Å². The number of amides is 3. The summed E-state index contributed by atoms with van der Waals surface area (Å²) in [4.78, 5) is 26.9. The first-order valence-electron chi connectivity index (χ1n) is 6.39. The normalized spacial score (nSPS) is 9.71. The monoisotopic (exact) mass is 285 g/mol. The van der Waals surface area contributed by atoms with E-state index >= 15 is 0 Å². The molecule has 6 nitrogen and oxygen atoms in total. The minimum atomic E-state index is -0.562. The number of aromatic nitrogens is 1. The highest BCUT2D eigenvalue weighted by Crippen LogP contribution is 2.02. The molecule has 0 aliphatic carbocycles. The zero-order valence-electron chi connectivity index (χ0n) is 11.3. The molecular weight excluding hydrogens is 270 g/mol. The standard InChI is InChI=1S/C15H15N3O3/c19-13(11-21-14-8-4-5-9-16-14)18-15(20)17-10-12-6-2-1-3-7-12/h1-9H,10-11H2,(H2,17,18,19,20). The Morgan fingerprint density at radius 2 is 1.81 bits per heavy atom. The van der Waals surface area contributed by atoms with Crippen molar-refractivity contribution in [2.24, 2.45) is 0 Å². The van der Waals surface area contributed by atoms with Gasteiger partial charge in [-0.2, -0.15) is 0 Å². The highest BCUT2D eigenvalue weighted by molar-refractivity contribution is 5.94. The molecule has 3 amide bonds. The van der Waals surface area contributed by atoms with Gasteiger partial charge in [0, 0.05) is 18.8 Å². The van der Waals surface area contributed by atoms with Crippen LogP contribution in [0, 0.1) is 0 Å². The second kappa shape index (κ2) is 7.64. The van der Waals surface area contributed by atoms with E-state index in [1.165, 1.54) is 0 Å². The van der Waals surface area contributed by atoms with Gasteiger partial charge >= 0.3 is 6.03 Å². The van der Waals surface area contributed by atoms with Gasteiger partial charge in [-0.3, -0.25) is 10.1 Å². The van der Waals surface area contributed by atoms with Crippen LogP contribution in [-0.2, 0) is 11.3 Å². The summed E-state index contributed by atoms with van der Waals surface area (Å²) in [5.74, 6) is -0.205. The molecule has 2 N–H and O–H groups in total. The molecule has 1 aromatic heterocycles. The van der Waals surface area contributed by atoms with Crippen LogP contribution in [0.3, 0.4) is 0 Å². The molecule has 0 saturated heterocycles. The summed E-state index contributed by atoms with van der Waals surface area (Å²) in [5.41, 5.74) is 0.949. The molecule has 0 unspecified atom stereocenters. The second-order valence-corrected chi connectivity index (χ2v) is 4.17. The molecule has 0 saturated carbocycles. The van der Waals surface area contributed by atoms with Crippen molar-refractivity contribution in [2.75, 3.05) is 6.61 Å². The maximum Gasteiger partial charge on any atom is 0.321 e. The largest absolute Gasteiger partial charge is 0.468 e. The summed E-state index contributed by atoms with van der Waals surface area (Å²) in [5, 5.41) is 4.76. The molecule has 0 spiro atoms. The summed E-state index contributed by atoms with van der Waals surface area (Å²) in [7, 11) is 0. The number of urea groups is 1. The quantitative estimate of drug-likeness (QED) is 0.872. The lowest BCUT2D eigenvalue weighted by molar-refractivity contribution is -0.122. The molecule has 2 aromatic rings. The van der Waals surface area contributed by atoms with E-state index in [9.17, 15) is 9.59 Å². The van der Waals surface area contributed by atoms with E-state index in [2.05, 4.69) is 15.6 Å². The van der Waals surface area contributed by atoms with Gasteiger partial charge in [-0.15, -0.1) is 0 Å². The van der Waals surface area contributed by atoms with E-state index in [4.69, 9.17) is 4.74 Å². The molecule has 0 aliphatic rings. The Labute approximate surface area is 122 Å². The van der Waals surface area contributed by atoms with E-state index in [-0.39, 0.29) is 6.61 Å². The fourth-order valence-corrected chi connectivity index (χ4v) is 1.56. The van der Waals surface area contributed by atoms with E-state index in [0.717, 1.165) is 5.56 Å². The first-order chi connectivity index (χ1) is 10.2. The third-order valence-corrected chi connectivity index (χ3v) is 2.54. The maximum atomic E-state index is 11.5. The molecule has 1 aromatic carbocycles. The first kappa shape index (κ1) is 14.5. The van der Waals surface area contributed by atoms with Crippen LogP contribution in [0.5, 0.6) is 5.88 Å². The van der Waals surface area contributed by atoms with Gasteiger partial charge in [-0.25, -0.2) is 9.78 Å². The van der Waals surface area contributed by atoms with Crippen molar-refractivity contribution in [3.8, 4) is 5.88 Å². The van der Waals surface area contributed by atoms with E-state index in [1.807, 2.05) is 30.3 Å². The van der Waals surface area contributed by atoms with Crippen molar-refractivity contribution >= 4 is 11.9 Å². The van der Waals surface area contributed by atoms with Crippen molar-refractivity contribution < 1.29 is 14.3 Å². The molecule has 108 valence electrons. The molecule has 0 fully saturated rings. The third kappa shape index (κ3) is 5.32. The molecule has 21 heavy (non-hydrogen) atoms. The molecule has 1 heterocycles. The fourth-order valence-electron chi connectivity index (χ4n) is 1.56. The molecule has 6 heteroatoms. The molecule has 0 aliphatic heterocycles. The lowest BCUT2D eigenvalue weighted by Crippen LogP contribution is -2.41. The average Bonchev–Trinajstić information content (AvgIpc) is 2.53. The lowest BCUT2D eigenvalue weighted by atomic mass is 10.2. The summed E-state index contributed by atoms with van der Waals surface area (Å²) < 4.78 is 5.13. The topological polar surface area (TPSA) is 80.3 Å². The second-order valence-electron chi connectivity index (χ2n) is 4.17. The van der Waals surface area contributed by atoms with Crippen LogP contribution in [0.1, 0.15) is 5.56 Å². The number of imide groups is 1. The smallest absolute Gasteiger partial charge is 0.321 e. The fraction of sp³-hybridized carbons (Fsp3) is 0.133. The molecule has 2 rings (SSSR count). The van der Waals surface area contributed by atoms with Gasteiger partial charge in [0.1, 0.15) is 0 Å². The van der Waals surface area contributed by atoms with Gasteiger partial charge in [-0.1, -0.05) is 36.4 Å². The van der Waals surface area contributed by atoms with Gasteiger partial charge < -0.3 is 10.1 Å². The van der Waals surface area contributed by atoms with Crippen LogP contribution in [-0.4, -0.2) is 23.5 Å². The van der Waals surface area contributed by atoms with Gasteiger partial charge in [0.15, 0.2) is 6.61 Å². The predicted octanol–water partition coefficient (Wildman–Crippen LogP) is 1.49. The Balaban J connectivity index is 1.69. The number of carbonyl (C=O) groups is 2. The van der Waals surface area contributed by atoms with Gasteiger partial charge in [0.2, 0.25) is 5.88 Å². The number of rotatable bonds is 5. The van der Waals surface area contributed by atoms with Crippen molar-refractivity contribution in [3.63, 3.8) is 0 Å². The Hall–Kier alpha value is -2.89. The van der Waals surface area contributed by atoms with Crippen molar-refractivity contribution in [1.82, 2.24) is 15.6 Å². The molecular formula is C15H15N3O3. The highest BCUT2D eigenvalue weighted by atomic mass is 16.5. The zero-order valence-corrected chi connectivity index (χ0v) is 11.3. The number of hydrogen-bond acceptors (Lipinski definition) is 4. The zero-order chi connectivity index (χ0) is 14.9. The number of nitrogens with one attached hydrogen (secondary N) is 2. The van der Waals surface area contributed by atoms with E-state index in [0.29, 0.717) is 12.4 Å². The van der Waals surface area contributed by atoms with Crippen molar-refractivity contribution in [1.29, 1.82) is 0 Å². The number of nitrogens with zero attached hydrogens (tertiary/aromatic N) is 1. The molecule has 0 radical (unpaired) electrons. The van der Waals surface area contributed by atoms with Gasteiger partial charge in [-0.05, 0) is 11.6 Å². The van der Waals surface area contributed by atoms with Crippen LogP contribution in [0.2, 0.25) is 0 Å². The number of ether oxygens (including phenoxy) is 1. The minimum Gasteiger partial charge on any atom is -0.468 e. The number of pyridine rings is 1. The Morgan fingerprint density at radius 1 is 1.05 bits per heavy atom. The third-order valence-electron chi connectivity index (χ3n) is 2.54. The highest BCUT2D eigenvalue weighted by Gasteiger charge is 2.08. The predicted molar refractivity (Wildman–Crippen MR) is 76.6 cm³/mol. The van der Waals surface area contributed by atoms with E-state index in [1.54, 1.807) is 24.4 Å². The van der Waals surface area contributed by atoms with Crippen LogP contribution < -0.4 is 15.4 Å². The summed E-state index contributed by atoms with van der Waals surface area (Å²) in [6.07, 6.45) is 1.56.